The van der Waals surface area contributed by atoms with Gasteiger partial charge in [-0.2, -0.15) is 13.1 Å². The van der Waals surface area contributed by atoms with Gasteiger partial charge in [0.2, 0.25) is 0 Å². The lowest BCUT2D eigenvalue weighted by Crippen LogP contribution is -2.47. The highest BCUT2D eigenvalue weighted by molar-refractivity contribution is 7.90. The summed E-state index contributed by atoms with van der Waals surface area (Å²) in [5.74, 6) is -0.101. The Morgan fingerprint density at radius 2 is 1.95 bits per heavy atom. The highest BCUT2D eigenvalue weighted by Crippen LogP contribution is 2.18. The molecule has 0 spiro atoms. The Morgan fingerprint density at radius 1 is 1.37 bits per heavy atom. The Morgan fingerprint density at radius 3 is 2.42 bits per heavy atom. The number of nitrogens with one attached hydrogen (secondary N) is 2. The van der Waals surface area contributed by atoms with Gasteiger partial charge in [-0.1, -0.05) is 12.1 Å². The van der Waals surface area contributed by atoms with Crippen LogP contribution in [0, 0.1) is 5.41 Å². The molecule has 0 amide bonds. The maximum Gasteiger partial charge on any atom is 0.301 e. The minimum Gasteiger partial charge on any atom is -0.384 e. The van der Waals surface area contributed by atoms with Gasteiger partial charge in [0.05, 0.1) is 5.69 Å². The highest BCUT2D eigenvalue weighted by atomic mass is 32.2. The van der Waals surface area contributed by atoms with E-state index in [4.69, 9.17) is 11.1 Å². The van der Waals surface area contributed by atoms with Gasteiger partial charge in [0, 0.05) is 18.2 Å². The topological polar surface area (TPSA) is 99.3 Å². The zero-order valence-electron chi connectivity index (χ0n) is 11.6. The summed E-state index contributed by atoms with van der Waals surface area (Å²) < 4.78 is 28.0. The molecule has 0 heterocycles. The third-order valence-corrected chi connectivity index (χ3v) is 4.12. The molecule has 0 unspecified atom stereocenters. The molecule has 0 aliphatic rings. The van der Waals surface area contributed by atoms with E-state index in [9.17, 15) is 8.42 Å². The largest absolute Gasteiger partial charge is 0.384 e. The molecule has 0 aliphatic heterocycles. The van der Waals surface area contributed by atoms with Crippen molar-refractivity contribution in [2.45, 2.75) is 26.3 Å². The van der Waals surface area contributed by atoms with E-state index in [0.717, 1.165) is 4.31 Å². The van der Waals surface area contributed by atoms with Crippen molar-refractivity contribution in [1.82, 2.24) is 4.72 Å². The first-order valence-electron chi connectivity index (χ1n) is 5.75. The molecule has 0 aromatic heterocycles. The lowest BCUT2D eigenvalue weighted by atomic mass is 10.1. The Kier molecular flexibility index (Phi) is 4.21. The fraction of sp³-hybridized carbons (Fsp3) is 0.417. The zero-order chi connectivity index (χ0) is 14.8. The summed E-state index contributed by atoms with van der Waals surface area (Å²) in [4.78, 5) is 0. The van der Waals surface area contributed by atoms with Crippen LogP contribution in [0.4, 0.5) is 5.69 Å². The van der Waals surface area contributed by atoms with Crippen LogP contribution < -0.4 is 14.8 Å². The van der Waals surface area contributed by atoms with Crippen molar-refractivity contribution in [2.24, 2.45) is 5.73 Å². The molecule has 0 fully saturated rings. The standard InChI is InChI=1S/C12H20N4O2S/c1-12(2,3)15-19(17,18)16(4)10-7-5-6-9(8-10)11(13)14/h5-8,15H,1-4H3,(H3,13,14). The average Bonchev–Trinajstić information content (AvgIpc) is 2.25. The number of nitrogens with two attached hydrogens (primary N) is 1. The SMILES string of the molecule is CN(c1cccc(C(=N)N)c1)S(=O)(=O)NC(C)(C)C. The maximum absolute atomic E-state index is 12.2. The molecule has 106 valence electrons. The van der Waals surface area contributed by atoms with Crippen LogP contribution in [0.1, 0.15) is 26.3 Å². The second-order valence-electron chi connectivity index (χ2n) is 5.29. The van der Waals surface area contributed by atoms with Crippen LogP contribution in [0.2, 0.25) is 0 Å². The molecular formula is C12H20N4O2S. The number of hydrogen-bond acceptors (Lipinski definition) is 3. The third-order valence-electron chi connectivity index (χ3n) is 2.32. The molecule has 0 bridgehead atoms. The number of nitrogens with zero attached hydrogens (tertiary/aromatic N) is 1. The van der Waals surface area contributed by atoms with Crippen molar-refractivity contribution in [3.05, 3.63) is 29.8 Å². The van der Waals surface area contributed by atoms with Crippen LogP contribution >= 0.6 is 0 Å². The summed E-state index contributed by atoms with van der Waals surface area (Å²) in [6.07, 6.45) is 0. The van der Waals surface area contributed by atoms with Crippen LogP contribution in [0.3, 0.4) is 0 Å². The molecule has 4 N–H and O–H groups in total. The van der Waals surface area contributed by atoms with Crippen LogP contribution in [0.5, 0.6) is 0 Å². The van der Waals surface area contributed by atoms with Crippen molar-refractivity contribution >= 4 is 21.7 Å². The molecule has 6 nitrogen and oxygen atoms in total. The van der Waals surface area contributed by atoms with Gasteiger partial charge in [0.1, 0.15) is 5.84 Å². The number of amidine groups is 1. The highest BCUT2D eigenvalue weighted by Gasteiger charge is 2.24. The molecule has 0 saturated heterocycles. The van der Waals surface area contributed by atoms with Gasteiger partial charge in [0.15, 0.2) is 0 Å². The van der Waals surface area contributed by atoms with E-state index in [1.165, 1.54) is 7.05 Å². The van der Waals surface area contributed by atoms with Crippen molar-refractivity contribution < 1.29 is 8.42 Å². The van der Waals surface area contributed by atoms with Gasteiger partial charge in [-0.25, -0.2) is 0 Å². The monoisotopic (exact) mass is 284 g/mol. The first-order chi connectivity index (χ1) is 8.53. The summed E-state index contributed by atoms with van der Waals surface area (Å²) in [5.41, 5.74) is 5.76. The van der Waals surface area contributed by atoms with E-state index >= 15 is 0 Å². The fourth-order valence-corrected chi connectivity index (χ4v) is 2.77. The fourth-order valence-electron chi connectivity index (χ4n) is 1.46. The molecule has 0 radical (unpaired) electrons. The molecule has 1 aromatic rings. The Hall–Kier alpha value is -1.60. The van der Waals surface area contributed by atoms with Crippen molar-refractivity contribution in [2.75, 3.05) is 11.4 Å². The lowest BCUT2D eigenvalue weighted by molar-refractivity contribution is 0.490. The molecule has 19 heavy (non-hydrogen) atoms. The predicted octanol–water partition coefficient (Wildman–Crippen LogP) is 1.04. The first-order valence-corrected chi connectivity index (χ1v) is 7.19. The molecular weight excluding hydrogens is 264 g/mol. The molecule has 7 heteroatoms. The number of benzene rings is 1. The van der Waals surface area contributed by atoms with E-state index < -0.39 is 15.7 Å². The molecule has 0 aliphatic carbocycles. The Labute approximate surface area is 114 Å². The quantitative estimate of drug-likeness (QED) is 0.569. The Bertz CT molecular complexity index is 576. The smallest absolute Gasteiger partial charge is 0.301 e. The van der Waals surface area contributed by atoms with Crippen molar-refractivity contribution in [1.29, 1.82) is 5.41 Å². The van der Waals surface area contributed by atoms with Gasteiger partial charge in [-0.3, -0.25) is 9.71 Å². The number of nitrogen functional groups attached to an aromatic ring is 1. The molecule has 0 saturated carbocycles. The average molecular weight is 284 g/mol. The van der Waals surface area contributed by atoms with E-state index in [1.807, 2.05) is 0 Å². The second-order valence-corrected chi connectivity index (χ2v) is 6.99. The normalized spacial score (nSPS) is 12.2. The lowest BCUT2D eigenvalue weighted by Gasteiger charge is -2.26. The van der Waals surface area contributed by atoms with Crippen molar-refractivity contribution in [3.63, 3.8) is 0 Å². The maximum atomic E-state index is 12.2. The summed E-state index contributed by atoms with van der Waals surface area (Å²) in [7, 11) is -2.19. The molecule has 1 rings (SSSR count). The Balaban J connectivity index is 3.10. The van der Waals surface area contributed by atoms with Crippen LogP contribution in [0.15, 0.2) is 24.3 Å². The molecule has 0 atom stereocenters. The third kappa shape index (κ3) is 4.22. The van der Waals surface area contributed by atoms with E-state index in [0.29, 0.717) is 11.3 Å². The molecule has 1 aromatic carbocycles. The van der Waals surface area contributed by atoms with Gasteiger partial charge in [0.25, 0.3) is 0 Å². The first kappa shape index (κ1) is 15.5. The summed E-state index contributed by atoms with van der Waals surface area (Å²) in [5, 5.41) is 7.37. The van der Waals surface area contributed by atoms with Crippen LogP contribution in [0.25, 0.3) is 0 Å². The van der Waals surface area contributed by atoms with Gasteiger partial charge in [-0.05, 0) is 32.9 Å². The number of hydrogen-bond donors (Lipinski definition) is 3. The number of rotatable bonds is 4. The van der Waals surface area contributed by atoms with E-state index in [1.54, 1.807) is 45.0 Å². The van der Waals surface area contributed by atoms with Gasteiger partial charge < -0.3 is 5.73 Å². The van der Waals surface area contributed by atoms with Crippen molar-refractivity contribution in [3.8, 4) is 0 Å². The van der Waals surface area contributed by atoms with Gasteiger partial charge in [-0.15, -0.1) is 0 Å². The van der Waals surface area contributed by atoms with Crippen LogP contribution in [-0.2, 0) is 10.2 Å². The van der Waals surface area contributed by atoms with E-state index in [-0.39, 0.29) is 5.84 Å². The van der Waals surface area contributed by atoms with Gasteiger partial charge >= 0.3 is 10.2 Å². The number of anilines is 1. The summed E-state index contributed by atoms with van der Waals surface area (Å²) in [6, 6.07) is 6.53. The van der Waals surface area contributed by atoms with E-state index in [2.05, 4.69) is 4.72 Å². The summed E-state index contributed by atoms with van der Waals surface area (Å²) >= 11 is 0. The summed E-state index contributed by atoms with van der Waals surface area (Å²) in [6.45, 7) is 5.30. The minimum absolute atomic E-state index is 0.101. The minimum atomic E-state index is -3.64. The zero-order valence-corrected chi connectivity index (χ0v) is 12.4. The predicted molar refractivity (Wildman–Crippen MR) is 77.7 cm³/mol. The van der Waals surface area contributed by atoms with Crippen LogP contribution in [-0.4, -0.2) is 26.8 Å². The second kappa shape index (κ2) is 5.18.